The number of hydrogen-bond donors (Lipinski definition) is 3. The van der Waals surface area contributed by atoms with Gasteiger partial charge in [0.2, 0.25) is 0 Å². The number of benzene rings is 2. The van der Waals surface area contributed by atoms with Gasteiger partial charge in [0.25, 0.3) is 0 Å². The highest BCUT2D eigenvalue weighted by Gasteiger charge is 2.19. The van der Waals surface area contributed by atoms with E-state index >= 15 is 0 Å². The molecule has 3 N–H and O–H groups in total. The molecule has 0 atom stereocenters. The van der Waals surface area contributed by atoms with E-state index in [1.165, 1.54) is 6.08 Å². The third kappa shape index (κ3) is 4.88. The molecule has 0 bridgehead atoms. The Morgan fingerprint density at radius 3 is 1.96 bits per heavy atom. The Bertz CT molecular complexity index is 900. The lowest BCUT2D eigenvalue weighted by molar-refractivity contribution is -0.111. The summed E-state index contributed by atoms with van der Waals surface area (Å²) in [4.78, 5) is 12.6. The molecule has 2 aromatic carbocycles. The van der Waals surface area contributed by atoms with Crippen molar-refractivity contribution >= 4 is 17.9 Å². The molecule has 27 heavy (non-hydrogen) atoms. The summed E-state index contributed by atoms with van der Waals surface area (Å²) in [5, 5.41) is 29.4. The fourth-order valence-electron chi connectivity index (χ4n) is 3.06. The molecular formula is C23H22O4. The van der Waals surface area contributed by atoms with Gasteiger partial charge in [-0.1, -0.05) is 30.3 Å². The first kappa shape index (κ1) is 18.5. The van der Waals surface area contributed by atoms with Gasteiger partial charge in [-0.25, -0.2) is 0 Å². The van der Waals surface area contributed by atoms with Crippen LogP contribution < -0.4 is 0 Å². The van der Waals surface area contributed by atoms with Gasteiger partial charge in [-0.05, 0) is 78.8 Å². The first-order chi connectivity index (χ1) is 13.0. The van der Waals surface area contributed by atoms with Crippen molar-refractivity contribution in [3.8, 4) is 11.5 Å². The normalized spacial score (nSPS) is 16.7. The maximum Gasteiger partial charge on any atom is 0.185 e. The monoisotopic (exact) mass is 362 g/mol. The first-order valence-corrected chi connectivity index (χ1v) is 8.96. The average molecular weight is 362 g/mol. The van der Waals surface area contributed by atoms with Crippen LogP contribution in [0.3, 0.4) is 0 Å². The number of phenolic OH excluding ortho intramolecular Hbond substituents is 2. The van der Waals surface area contributed by atoms with E-state index in [9.17, 15) is 20.1 Å². The molecule has 0 saturated heterocycles. The van der Waals surface area contributed by atoms with E-state index < -0.39 is 0 Å². The fourth-order valence-corrected chi connectivity index (χ4v) is 3.06. The second kappa shape index (κ2) is 8.41. The SMILES string of the molecule is O=C(/C=C/c1ccc(O)cc1)C1=C(O)/C(=C/c2ccc(O)cc2)CCCC1. The predicted octanol–water partition coefficient (Wildman–Crippen LogP) is 5.15. The molecule has 0 radical (unpaired) electrons. The molecule has 0 saturated carbocycles. The van der Waals surface area contributed by atoms with Crippen LogP contribution >= 0.6 is 0 Å². The number of rotatable bonds is 4. The van der Waals surface area contributed by atoms with Crippen LogP contribution in [0.5, 0.6) is 11.5 Å². The molecule has 1 aliphatic carbocycles. The van der Waals surface area contributed by atoms with Gasteiger partial charge >= 0.3 is 0 Å². The van der Waals surface area contributed by atoms with Crippen molar-refractivity contribution in [2.75, 3.05) is 0 Å². The number of carbonyl (C=O) groups excluding carboxylic acids is 1. The number of phenols is 2. The maximum absolute atomic E-state index is 12.6. The van der Waals surface area contributed by atoms with Crippen LogP contribution in [0.25, 0.3) is 12.2 Å². The van der Waals surface area contributed by atoms with E-state index in [0.29, 0.717) is 18.4 Å². The first-order valence-electron chi connectivity index (χ1n) is 8.96. The van der Waals surface area contributed by atoms with Crippen molar-refractivity contribution in [2.45, 2.75) is 25.7 Å². The molecule has 138 valence electrons. The second-order valence-corrected chi connectivity index (χ2v) is 6.58. The minimum absolute atomic E-state index is 0.0564. The number of carbonyl (C=O) groups is 1. The summed E-state index contributed by atoms with van der Waals surface area (Å²) in [6.45, 7) is 0. The maximum atomic E-state index is 12.6. The van der Waals surface area contributed by atoms with Crippen molar-refractivity contribution in [1.29, 1.82) is 0 Å². The van der Waals surface area contributed by atoms with Crippen molar-refractivity contribution in [1.82, 2.24) is 0 Å². The Morgan fingerprint density at radius 1 is 0.778 bits per heavy atom. The van der Waals surface area contributed by atoms with Gasteiger partial charge in [0.15, 0.2) is 5.78 Å². The minimum atomic E-state index is -0.209. The molecule has 0 aromatic heterocycles. The number of aromatic hydroxyl groups is 2. The molecule has 4 nitrogen and oxygen atoms in total. The van der Waals surface area contributed by atoms with Gasteiger partial charge in [0, 0.05) is 5.57 Å². The Kier molecular flexibility index (Phi) is 5.77. The van der Waals surface area contributed by atoms with E-state index in [2.05, 4.69) is 0 Å². The Hall–Kier alpha value is -3.27. The zero-order valence-corrected chi connectivity index (χ0v) is 14.9. The smallest absolute Gasteiger partial charge is 0.185 e. The van der Waals surface area contributed by atoms with Crippen molar-refractivity contribution < 1.29 is 20.1 Å². The zero-order valence-electron chi connectivity index (χ0n) is 14.9. The number of hydrogen-bond acceptors (Lipinski definition) is 4. The highest BCUT2D eigenvalue weighted by atomic mass is 16.3. The fraction of sp³-hybridized carbons (Fsp3) is 0.174. The topological polar surface area (TPSA) is 77.8 Å². The summed E-state index contributed by atoms with van der Waals surface area (Å²) in [7, 11) is 0. The molecular weight excluding hydrogens is 340 g/mol. The Morgan fingerprint density at radius 2 is 1.33 bits per heavy atom. The number of aliphatic hydroxyl groups excluding tert-OH is 1. The van der Waals surface area contributed by atoms with Crippen LogP contribution in [0.15, 0.2) is 71.5 Å². The van der Waals surface area contributed by atoms with Gasteiger partial charge in [-0.3, -0.25) is 4.79 Å². The van der Waals surface area contributed by atoms with Gasteiger partial charge in [0.05, 0.1) is 0 Å². The standard InChI is InChI=1S/C23H22O4/c24-19-10-5-16(6-11-19)9-14-22(26)21-4-2-1-3-18(23(21)27)15-17-7-12-20(25)13-8-17/h5-15,24-25,27H,1-4H2/b14-9+,18-15+. The van der Waals surface area contributed by atoms with Gasteiger partial charge in [-0.2, -0.15) is 0 Å². The van der Waals surface area contributed by atoms with Crippen molar-refractivity contribution in [3.05, 3.63) is 82.6 Å². The summed E-state index contributed by atoms with van der Waals surface area (Å²) >= 11 is 0. The van der Waals surface area contributed by atoms with Gasteiger partial charge < -0.3 is 15.3 Å². The van der Waals surface area contributed by atoms with Gasteiger partial charge in [-0.15, -0.1) is 0 Å². The summed E-state index contributed by atoms with van der Waals surface area (Å²) in [5.74, 6) is 0.208. The highest BCUT2D eigenvalue weighted by Crippen LogP contribution is 2.29. The van der Waals surface area contributed by atoms with E-state index in [1.54, 1.807) is 54.6 Å². The molecule has 0 unspecified atom stereocenters. The highest BCUT2D eigenvalue weighted by molar-refractivity contribution is 6.07. The average Bonchev–Trinajstić information content (AvgIpc) is 2.85. The Labute approximate surface area is 158 Å². The van der Waals surface area contributed by atoms with Crippen LogP contribution in [0.1, 0.15) is 36.8 Å². The third-order valence-electron chi connectivity index (χ3n) is 4.56. The minimum Gasteiger partial charge on any atom is -0.508 e. The molecule has 4 heteroatoms. The lowest BCUT2D eigenvalue weighted by atomic mass is 10.0. The summed E-state index contributed by atoms with van der Waals surface area (Å²) in [5.41, 5.74) is 2.82. The van der Waals surface area contributed by atoms with Crippen LogP contribution in [-0.2, 0) is 4.79 Å². The van der Waals surface area contributed by atoms with E-state index in [-0.39, 0.29) is 23.0 Å². The number of aliphatic hydroxyl groups is 1. The molecule has 1 aliphatic rings. The molecule has 0 heterocycles. The van der Waals surface area contributed by atoms with Crippen molar-refractivity contribution in [2.24, 2.45) is 0 Å². The lowest BCUT2D eigenvalue weighted by Crippen LogP contribution is -2.03. The number of allylic oxidation sites excluding steroid dienone is 3. The van der Waals surface area contributed by atoms with Crippen molar-refractivity contribution in [3.63, 3.8) is 0 Å². The summed E-state index contributed by atoms with van der Waals surface area (Å²) in [6.07, 6.45) is 7.97. The molecule has 0 amide bonds. The van der Waals surface area contributed by atoms with E-state index in [1.807, 2.05) is 6.08 Å². The largest absolute Gasteiger partial charge is 0.508 e. The molecule has 3 rings (SSSR count). The van der Waals surface area contributed by atoms with Gasteiger partial charge in [0.1, 0.15) is 17.3 Å². The Balaban J connectivity index is 1.86. The summed E-state index contributed by atoms with van der Waals surface area (Å²) in [6, 6.07) is 13.3. The van der Waals surface area contributed by atoms with Crippen LogP contribution in [0.4, 0.5) is 0 Å². The molecule has 0 spiro atoms. The predicted molar refractivity (Wildman–Crippen MR) is 106 cm³/mol. The van der Waals surface area contributed by atoms with Crippen LogP contribution in [0.2, 0.25) is 0 Å². The molecule has 0 fully saturated rings. The van der Waals surface area contributed by atoms with E-state index in [0.717, 1.165) is 29.5 Å². The molecule has 2 aromatic rings. The van der Waals surface area contributed by atoms with Crippen LogP contribution in [-0.4, -0.2) is 21.1 Å². The lowest BCUT2D eigenvalue weighted by Gasteiger charge is -2.08. The number of ketones is 1. The second-order valence-electron chi connectivity index (χ2n) is 6.58. The van der Waals surface area contributed by atoms with Crippen LogP contribution in [0, 0.1) is 0 Å². The van der Waals surface area contributed by atoms with E-state index in [4.69, 9.17) is 0 Å². The third-order valence-corrected chi connectivity index (χ3v) is 4.56. The zero-order chi connectivity index (χ0) is 19.2. The molecule has 0 aliphatic heterocycles. The quantitative estimate of drug-likeness (QED) is 0.657. The summed E-state index contributed by atoms with van der Waals surface area (Å²) < 4.78 is 0.